The lowest BCUT2D eigenvalue weighted by Crippen LogP contribution is -2.54. The first-order valence-electron chi connectivity index (χ1n) is 13.2. The monoisotopic (exact) mass is 402 g/mol. The van der Waals surface area contributed by atoms with Gasteiger partial charge in [0.1, 0.15) is 0 Å². The lowest BCUT2D eigenvalue weighted by Gasteiger charge is -2.61. The Morgan fingerprint density at radius 3 is 2.34 bits per heavy atom. The van der Waals surface area contributed by atoms with Crippen LogP contribution in [0.3, 0.4) is 0 Å². The van der Waals surface area contributed by atoms with Gasteiger partial charge in [0.05, 0.1) is 11.7 Å². The van der Waals surface area contributed by atoms with E-state index in [0.717, 1.165) is 67.6 Å². The summed E-state index contributed by atoms with van der Waals surface area (Å²) in [5, 5.41) is 20.4. The van der Waals surface area contributed by atoms with Gasteiger partial charge >= 0.3 is 0 Å². The summed E-state index contributed by atoms with van der Waals surface area (Å²) in [6.45, 7) is 7.82. The third-order valence-electron chi connectivity index (χ3n) is 11.5. The molecule has 0 aliphatic heterocycles. The second-order valence-corrected chi connectivity index (χ2v) is 12.9. The van der Waals surface area contributed by atoms with Crippen LogP contribution in [-0.2, 0) is 0 Å². The molecule has 5 fully saturated rings. The van der Waals surface area contributed by atoms with Crippen molar-refractivity contribution in [3.05, 3.63) is 0 Å². The Labute approximate surface area is 179 Å². The average molecular weight is 403 g/mol. The summed E-state index contributed by atoms with van der Waals surface area (Å²) in [5.74, 6) is 5.33. The van der Waals surface area contributed by atoms with E-state index in [4.69, 9.17) is 0 Å². The van der Waals surface area contributed by atoms with Crippen molar-refractivity contribution < 1.29 is 10.2 Å². The van der Waals surface area contributed by atoms with Crippen LogP contribution in [0.1, 0.15) is 111 Å². The van der Waals surface area contributed by atoms with Gasteiger partial charge < -0.3 is 10.2 Å². The summed E-state index contributed by atoms with van der Waals surface area (Å²) in [6.07, 6.45) is 17.7. The fourth-order valence-corrected chi connectivity index (χ4v) is 9.56. The van der Waals surface area contributed by atoms with Crippen LogP contribution in [0.2, 0.25) is 0 Å². The van der Waals surface area contributed by atoms with Crippen LogP contribution in [0.15, 0.2) is 0 Å². The summed E-state index contributed by atoms with van der Waals surface area (Å²) >= 11 is 0. The van der Waals surface area contributed by atoms with Crippen molar-refractivity contribution in [1.29, 1.82) is 0 Å². The van der Waals surface area contributed by atoms with Crippen molar-refractivity contribution in [2.45, 2.75) is 122 Å². The molecule has 0 amide bonds. The zero-order valence-electron chi connectivity index (χ0n) is 19.3. The second kappa shape index (κ2) is 7.22. The molecule has 0 aromatic rings. The first-order chi connectivity index (χ1) is 13.8. The largest absolute Gasteiger partial charge is 0.393 e. The highest BCUT2D eigenvalue weighted by Gasteiger charge is 2.60. The van der Waals surface area contributed by atoms with E-state index in [0.29, 0.717) is 10.8 Å². The number of hydrogen-bond donors (Lipinski definition) is 2. The van der Waals surface area contributed by atoms with Crippen LogP contribution in [-0.4, -0.2) is 21.9 Å². The molecule has 8 unspecified atom stereocenters. The average Bonchev–Trinajstić information content (AvgIpc) is 3.29. The molecule has 0 aromatic heterocycles. The van der Waals surface area contributed by atoms with E-state index in [9.17, 15) is 10.2 Å². The molecule has 166 valence electrons. The molecule has 0 saturated heterocycles. The second-order valence-electron chi connectivity index (χ2n) is 12.9. The molecule has 29 heavy (non-hydrogen) atoms. The molecule has 9 atom stereocenters. The Balaban J connectivity index is 1.27. The summed E-state index contributed by atoms with van der Waals surface area (Å²) in [6, 6.07) is 0. The first-order valence-corrected chi connectivity index (χ1v) is 13.2. The lowest BCUT2D eigenvalue weighted by molar-refractivity contribution is -0.129. The first kappa shape index (κ1) is 20.8. The minimum atomic E-state index is -0.262. The van der Waals surface area contributed by atoms with Crippen molar-refractivity contribution in [3.8, 4) is 0 Å². The molecule has 5 rings (SSSR count). The summed E-state index contributed by atoms with van der Waals surface area (Å²) in [4.78, 5) is 0. The third kappa shape index (κ3) is 3.43. The summed E-state index contributed by atoms with van der Waals surface area (Å²) in [5.41, 5.74) is 0.808. The Bertz CT molecular complexity index is 612. The van der Waals surface area contributed by atoms with Crippen molar-refractivity contribution >= 4 is 0 Å². The Kier molecular flexibility index (Phi) is 5.18. The van der Waals surface area contributed by atoms with E-state index in [-0.39, 0.29) is 11.7 Å². The van der Waals surface area contributed by atoms with Crippen LogP contribution in [0.4, 0.5) is 0 Å². The number of fused-ring (bicyclic) bond motifs is 5. The minimum absolute atomic E-state index is 0.0242. The zero-order valence-corrected chi connectivity index (χ0v) is 19.3. The zero-order chi connectivity index (χ0) is 20.4. The maximum Gasteiger partial charge on any atom is 0.0650 e. The third-order valence-corrected chi connectivity index (χ3v) is 11.5. The van der Waals surface area contributed by atoms with Gasteiger partial charge in [0.25, 0.3) is 0 Å². The molecule has 2 N–H and O–H groups in total. The molecule has 2 heteroatoms. The highest BCUT2D eigenvalue weighted by atomic mass is 16.3. The highest BCUT2D eigenvalue weighted by molar-refractivity contribution is 5.09. The number of aliphatic hydroxyl groups is 2. The molecular weight excluding hydrogens is 356 g/mol. The predicted molar refractivity (Wildman–Crippen MR) is 118 cm³/mol. The molecule has 0 radical (unpaired) electrons. The van der Waals surface area contributed by atoms with Crippen molar-refractivity contribution in [1.82, 2.24) is 0 Å². The molecule has 5 aliphatic rings. The normalized spacial score (nSPS) is 51.6. The van der Waals surface area contributed by atoms with E-state index in [1.807, 2.05) is 0 Å². The topological polar surface area (TPSA) is 40.5 Å². The molecule has 2 nitrogen and oxygen atoms in total. The van der Waals surface area contributed by atoms with Gasteiger partial charge in [-0.15, -0.1) is 0 Å². The van der Waals surface area contributed by atoms with E-state index in [2.05, 4.69) is 20.8 Å². The van der Waals surface area contributed by atoms with E-state index >= 15 is 0 Å². The van der Waals surface area contributed by atoms with Crippen molar-refractivity contribution in [2.75, 3.05) is 0 Å². The van der Waals surface area contributed by atoms with E-state index in [1.165, 1.54) is 57.8 Å². The molecule has 0 heterocycles. The quantitative estimate of drug-likeness (QED) is 0.563. The fraction of sp³-hybridized carbons (Fsp3) is 1.00. The van der Waals surface area contributed by atoms with Gasteiger partial charge in [-0.05, 0) is 123 Å². The van der Waals surface area contributed by atoms with Crippen LogP contribution in [0, 0.1) is 46.3 Å². The molecule has 0 spiro atoms. The van der Waals surface area contributed by atoms with Crippen molar-refractivity contribution in [3.63, 3.8) is 0 Å². The maximum absolute atomic E-state index is 10.3. The van der Waals surface area contributed by atoms with Crippen LogP contribution < -0.4 is 0 Å². The van der Waals surface area contributed by atoms with Gasteiger partial charge in [-0.2, -0.15) is 0 Å². The van der Waals surface area contributed by atoms with Gasteiger partial charge in [0, 0.05) is 0 Å². The van der Waals surface area contributed by atoms with Crippen LogP contribution in [0.5, 0.6) is 0 Å². The van der Waals surface area contributed by atoms with Gasteiger partial charge in [0.2, 0.25) is 0 Å². The molecular formula is C27H46O2. The van der Waals surface area contributed by atoms with E-state index in [1.54, 1.807) is 0 Å². The Morgan fingerprint density at radius 1 is 0.862 bits per heavy atom. The molecule has 0 bridgehead atoms. The standard InChI is InChI=1S/C27H46O2/c1-18(5-4-12-27(29)15-16-27)22-8-9-23-21-7-6-19-17-20(28)10-13-25(19,2)24(21)11-14-26(22,23)3/h18-24,28-29H,4-17H2,1-3H3/t18-,19?,20?,21?,22?,23?,24?,25?,26?/m1/s1. The fourth-order valence-electron chi connectivity index (χ4n) is 9.56. The highest BCUT2D eigenvalue weighted by Crippen LogP contribution is 2.68. The van der Waals surface area contributed by atoms with Crippen LogP contribution in [0.25, 0.3) is 0 Å². The summed E-state index contributed by atoms with van der Waals surface area (Å²) in [7, 11) is 0. The van der Waals surface area contributed by atoms with Gasteiger partial charge in [-0.25, -0.2) is 0 Å². The molecule has 0 aromatic carbocycles. The van der Waals surface area contributed by atoms with E-state index < -0.39 is 0 Å². The molecule has 5 aliphatic carbocycles. The van der Waals surface area contributed by atoms with Crippen molar-refractivity contribution in [2.24, 2.45) is 46.3 Å². The SMILES string of the molecule is C[C@H](CCCC1(O)CC1)C1CCC2C3CCC4CC(O)CCC4(C)C3CCC21C. The number of rotatable bonds is 5. The Hall–Kier alpha value is -0.0800. The van der Waals surface area contributed by atoms with Gasteiger partial charge in [0.15, 0.2) is 0 Å². The van der Waals surface area contributed by atoms with Gasteiger partial charge in [-0.1, -0.05) is 33.6 Å². The molecule has 5 saturated carbocycles. The number of aliphatic hydroxyl groups excluding tert-OH is 1. The Morgan fingerprint density at radius 2 is 1.59 bits per heavy atom. The number of hydrogen-bond acceptors (Lipinski definition) is 2. The maximum atomic E-state index is 10.3. The minimum Gasteiger partial charge on any atom is -0.393 e. The predicted octanol–water partition coefficient (Wildman–Crippen LogP) is 6.34. The lowest BCUT2D eigenvalue weighted by atomic mass is 9.44. The van der Waals surface area contributed by atoms with Crippen LogP contribution >= 0.6 is 0 Å². The summed E-state index contributed by atoms with van der Waals surface area (Å²) < 4.78 is 0. The van der Waals surface area contributed by atoms with Gasteiger partial charge in [-0.3, -0.25) is 0 Å². The smallest absolute Gasteiger partial charge is 0.0650 e.